The van der Waals surface area contributed by atoms with E-state index in [4.69, 9.17) is 11.3 Å². The second-order valence-electron chi connectivity index (χ2n) is 6.38. The van der Waals surface area contributed by atoms with Crippen molar-refractivity contribution in [2.45, 2.75) is 31.0 Å². The Morgan fingerprint density at radius 2 is 2.16 bits per heavy atom. The summed E-state index contributed by atoms with van der Waals surface area (Å²) in [5.41, 5.74) is 2.16. The van der Waals surface area contributed by atoms with Crippen LogP contribution in [0.25, 0.3) is 10.9 Å². The predicted octanol–water partition coefficient (Wildman–Crippen LogP) is 2.85. The molecular weight excluding hydrogens is 318 g/mol. The highest BCUT2D eigenvalue weighted by Crippen LogP contribution is 2.49. The van der Waals surface area contributed by atoms with Crippen LogP contribution in [0.4, 0.5) is 10.5 Å². The number of benzene rings is 1. The topological polar surface area (TPSA) is 64.6 Å². The van der Waals surface area contributed by atoms with Gasteiger partial charge < -0.3 is 9.58 Å². The van der Waals surface area contributed by atoms with Gasteiger partial charge in [-0.25, -0.2) is 16.0 Å². The third kappa shape index (κ3) is 2.76. The van der Waals surface area contributed by atoms with Gasteiger partial charge in [0.05, 0.1) is 19.3 Å². The lowest BCUT2D eigenvalue weighted by molar-refractivity contribution is 0.129. The first-order valence-electron chi connectivity index (χ1n) is 8.13. The molecule has 4 rings (SSSR count). The number of hydrogen-bond acceptors (Lipinski definition) is 4. The number of ether oxygens (including phenoxy) is 1. The minimum atomic E-state index is -0.367. The van der Waals surface area contributed by atoms with Gasteiger partial charge in [-0.15, -0.1) is 5.10 Å². The average molecular weight is 335 g/mol. The molecular formula is C18H17N5O2. The molecule has 1 amide bonds. The quantitative estimate of drug-likeness (QED) is 0.788. The fraction of sp³-hybridized carbons (Fsp3) is 0.333. The molecule has 0 bridgehead atoms. The fourth-order valence-electron chi connectivity index (χ4n) is 3.07. The predicted molar refractivity (Wildman–Crippen MR) is 91.7 cm³/mol. The molecule has 7 heteroatoms. The number of cyclic esters (lactones) is 1. The lowest BCUT2D eigenvalue weighted by Gasteiger charge is -2.13. The minimum absolute atomic E-state index is 0.287. The van der Waals surface area contributed by atoms with Gasteiger partial charge in [0.2, 0.25) is 0 Å². The van der Waals surface area contributed by atoms with Crippen molar-refractivity contribution in [2.24, 2.45) is 0 Å². The van der Waals surface area contributed by atoms with Crippen molar-refractivity contribution in [3.8, 4) is 0 Å². The second kappa shape index (κ2) is 5.74. The standard InChI is InChI=1S/C18H17N5O2/c1-3-14-10-22(21-20-14)11-16-12-23(17(24)25-16)15-6-4-13(5-7-15)18(19-2)8-9-18/h3-7,10,16H,1,8-9,11-12H2/t16-/m0/s1. The number of carbonyl (C=O) groups is 1. The third-order valence-corrected chi connectivity index (χ3v) is 4.68. The van der Waals surface area contributed by atoms with E-state index >= 15 is 0 Å². The Labute approximate surface area is 145 Å². The average Bonchev–Trinajstić information content (AvgIpc) is 3.17. The third-order valence-electron chi connectivity index (χ3n) is 4.68. The summed E-state index contributed by atoms with van der Waals surface area (Å²) in [5, 5.41) is 7.92. The summed E-state index contributed by atoms with van der Waals surface area (Å²) in [5.74, 6) is 0. The van der Waals surface area contributed by atoms with Crippen molar-refractivity contribution < 1.29 is 9.53 Å². The molecule has 1 saturated heterocycles. The molecule has 2 fully saturated rings. The van der Waals surface area contributed by atoms with E-state index in [0.29, 0.717) is 18.8 Å². The van der Waals surface area contributed by atoms with Crippen LogP contribution in [0.3, 0.4) is 0 Å². The van der Waals surface area contributed by atoms with Gasteiger partial charge in [-0.05, 0) is 30.3 Å². The van der Waals surface area contributed by atoms with Gasteiger partial charge in [0, 0.05) is 24.1 Å². The fourth-order valence-corrected chi connectivity index (χ4v) is 3.07. The zero-order chi connectivity index (χ0) is 17.4. The Kier molecular flexibility index (Phi) is 3.53. The maximum Gasteiger partial charge on any atom is 0.414 e. The van der Waals surface area contributed by atoms with Crippen LogP contribution in [-0.4, -0.2) is 33.7 Å². The van der Waals surface area contributed by atoms with E-state index < -0.39 is 0 Å². The smallest absolute Gasteiger partial charge is 0.414 e. The van der Waals surface area contributed by atoms with E-state index in [1.54, 1.807) is 21.9 Å². The summed E-state index contributed by atoms with van der Waals surface area (Å²) < 4.78 is 7.08. The van der Waals surface area contributed by atoms with E-state index in [-0.39, 0.29) is 17.7 Å². The molecule has 25 heavy (non-hydrogen) atoms. The number of aromatic nitrogens is 3. The summed E-state index contributed by atoms with van der Waals surface area (Å²) in [6.07, 6.45) is 4.55. The number of anilines is 1. The van der Waals surface area contributed by atoms with Crippen LogP contribution >= 0.6 is 0 Å². The van der Waals surface area contributed by atoms with Crippen molar-refractivity contribution in [1.82, 2.24) is 15.0 Å². The molecule has 1 saturated carbocycles. The molecule has 0 radical (unpaired) electrons. The van der Waals surface area contributed by atoms with Crippen LogP contribution in [-0.2, 0) is 16.8 Å². The Bertz CT molecular complexity index is 860. The summed E-state index contributed by atoms with van der Waals surface area (Å²) in [7, 11) is 0. The van der Waals surface area contributed by atoms with Crippen LogP contribution in [0.1, 0.15) is 24.1 Å². The van der Waals surface area contributed by atoms with Gasteiger partial charge in [-0.1, -0.05) is 11.8 Å². The summed E-state index contributed by atoms with van der Waals surface area (Å²) >= 11 is 0. The Morgan fingerprint density at radius 1 is 1.40 bits per heavy atom. The molecule has 1 aliphatic carbocycles. The van der Waals surface area contributed by atoms with Gasteiger partial charge in [-0.2, -0.15) is 0 Å². The molecule has 2 aromatic rings. The Hall–Kier alpha value is -3.14. The maximum atomic E-state index is 12.2. The molecule has 0 unspecified atom stereocenters. The Balaban J connectivity index is 1.45. The highest BCUT2D eigenvalue weighted by molar-refractivity contribution is 5.89. The Morgan fingerprint density at radius 3 is 2.76 bits per heavy atom. The summed E-state index contributed by atoms with van der Waals surface area (Å²) in [6, 6.07) is 7.65. The first kappa shape index (κ1) is 15.4. The van der Waals surface area contributed by atoms with Crippen LogP contribution in [0.2, 0.25) is 0 Å². The molecule has 0 spiro atoms. The maximum absolute atomic E-state index is 12.2. The highest BCUT2D eigenvalue weighted by Gasteiger charge is 2.52. The van der Waals surface area contributed by atoms with Crippen molar-refractivity contribution in [3.05, 3.63) is 59.7 Å². The van der Waals surface area contributed by atoms with Crippen molar-refractivity contribution in [1.29, 1.82) is 0 Å². The lowest BCUT2D eigenvalue weighted by atomic mass is 10.1. The zero-order valence-electron chi connectivity index (χ0n) is 13.6. The van der Waals surface area contributed by atoms with E-state index in [2.05, 4.69) is 21.7 Å². The molecule has 0 N–H and O–H groups in total. The van der Waals surface area contributed by atoms with Crippen molar-refractivity contribution in [2.75, 3.05) is 11.4 Å². The zero-order valence-corrected chi connectivity index (χ0v) is 13.6. The van der Waals surface area contributed by atoms with E-state index in [9.17, 15) is 4.79 Å². The summed E-state index contributed by atoms with van der Waals surface area (Å²) in [6.45, 7) is 11.9. The minimum Gasteiger partial charge on any atom is -0.442 e. The molecule has 1 aromatic heterocycles. The van der Waals surface area contributed by atoms with Gasteiger partial charge in [0.15, 0.2) is 0 Å². The molecule has 2 heterocycles. The van der Waals surface area contributed by atoms with Crippen LogP contribution in [0.5, 0.6) is 0 Å². The van der Waals surface area contributed by atoms with Gasteiger partial charge in [-0.3, -0.25) is 4.90 Å². The van der Waals surface area contributed by atoms with E-state index in [0.717, 1.165) is 24.1 Å². The highest BCUT2D eigenvalue weighted by atomic mass is 16.6. The van der Waals surface area contributed by atoms with Gasteiger partial charge in [0.1, 0.15) is 11.8 Å². The molecule has 1 aromatic carbocycles. The SMILES string of the molecule is [C-]#[N+]C1(c2ccc(N3C[C@H](Cn4cc(C=C)nn4)OC3=O)cc2)CC1. The largest absolute Gasteiger partial charge is 0.442 e. The van der Waals surface area contributed by atoms with Crippen molar-refractivity contribution >= 4 is 17.9 Å². The second-order valence-corrected chi connectivity index (χ2v) is 6.38. The first-order valence-corrected chi connectivity index (χ1v) is 8.13. The van der Waals surface area contributed by atoms with Gasteiger partial charge in [0.25, 0.3) is 5.54 Å². The number of rotatable bonds is 5. The molecule has 1 atom stereocenters. The number of nitrogens with zero attached hydrogens (tertiary/aromatic N) is 5. The van der Waals surface area contributed by atoms with E-state index in [1.807, 2.05) is 24.3 Å². The van der Waals surface area contributed by atoms with Crippen LogP contribution in [0.15, 0.2) is 37.0 Å². The monoisotopic (exact) mass is 335 g/mol. The number of carbonyl (C=O) groups excluding carboxylic acids is 1. The van der Waals surface area contributed by atoms with Gasteiger partial charge >= 0.3 is 6.09 Å². The number of amides is 1. The lowest BCUT2D eigenvalue weighted by Crippen LogP contribution is -2.26. The van der Waals surface area contributed by atoms with Crippen LogP contribution in [0, 0.1) is 6.57 Å². The van der Waals surface area contributed by atoms with Crippen LogP contribution < -0.4 is 4.90 Å². The molecule has 1 aliphatic heterocycles. The van der Waals surface area contributed by atoms with E-state index in [1.165, 1.54) is 0 Å². The summed E-state index contributed by atoms with van der Waals surface area (Å²) in [4.78, 5) is 17.5. The molecule has 126 valence electrons. The first-order chi connectivity index (χ1) is 12.1. The number of hydrogen-bond donors (Lipinski definition) is 0. The normalized spacial score (nSPS) is 20.8. The molecule has 2 aliphatic rings. The molecule has 7 nitrogen and oxygen atoms in total. The van der Waals surface area contributed by atoms with Crippen molar-refractivity contribution in [3.63, 3.8) is 0 Å².